The Morgan fingerprint density at radius 2 is 1.50 bits per heavy atom. The highest BCUT2D eigenvalue weighted by Gasteiger charge is 2.11. The quantitative estimate of drug-likeness (QED) is 0.718. The van der Waals surface area contributed by atoms with Gasteiger partial charge in [0.1, 0.15) is 0 Å². The van der Waals surface area contributed by atoms with Crippen LogP contribution >= 0.6 is 11.6 Å². The Bertz CT molecular complexity index is 942. The smallest absolute Gasteiger partial charge is 0.270 e. The lowest BCUT2D eigenvalue weighted by atomic mass is 10.1. The number of halogens is 1. The van der Waals surface area contributed by atoms with Gasteiger partial charge in [0.2, 0.25) is 0 Å². The highest BCUT2D eigenvalue weighted by Crippen LogP contribution is 2.15. The van der Waals surface area contributed by atoms with Gasteiger partial charge in [-0.25, -0.2) is 0 Å². The van der Waals surface area contributed by atoms with E-state index in [1.165, 1.54) is 0 Å². The first-order valence-corrected chi connectivity index (χ1v) is 8.45. The number of aromatic nitrogens is 1. The number of aryl methyl sites for hydroxylation is 2. The average molecular weight is 368 g/mol. The van der Waals surface area contributed by atoms with Crippen molar-refractivity contribution in [2.75, 3.05) is 10.7 Å². The SMILES string of the molecule is Cc1ccc(C)n1NC(=O)c1cccc(NC(=O)c2ccc(Cl)cc2)c1. The van der Waals surface area contributed by atoms with Crippen molar-refractivity contribution in [3.63, 3.8) is 0 Å². The Labute approximate surface area is 156 Å². The number of carbonyl (C=O) groups excluding carboxylic acids is 2. The molecule has 1 heterocycles. The number of nitrogens with one attached hydrogen (secondary N) is 2. The molecule has 0 aliphatic carbocycles. The lowest BCUT2D eigenvalue weighted by Gasteiger charge is -2.12. The third-order valence-corrected chi connectivity index (χ3v) is 4.23. The molecule has 2 N–H and O–H groups in total. The van der Waals surface area contributed by atoms with Crippen LogP contribution in [-0.2, 0) is 0 Å². The van der Waals surface area contributed by atoms with Gasteiger partial charge in [0, 0.05) is 33.2 Å². The summed E-state index contributed by atoms with van der Waals surface area (Å²) in [6.45, 7) is 3.83. The Morgan fingerprint density at radius 3 is 2.15 bits per heavy atom. The maximum atomic E-state index is 12.5. The number of nitrogens with zero attached hydrogens (tertiary/aromatic N) is 1. The molecule has 0 aliphatic rings. The van der Waals surface area contributed by atoms with Gasteiger partial charge in [-0.2, -0.15) is 0 Å². The molecule has 5 nitrogen and oxygen atoms in total. The number of hydrogen-bond acceptors (Lipinski definition) is 2. The zero-order valence-electron chi connectivity index (χ0n) is 14.4. The lowest BCUT2D eigenvalue weighted by Crippen LogP contribution is -2.24. The fourth-order valence-corrected chi connectivity index (χ4v) is 2.68. The number of carbonyl (C=O) groups is 2. The summed E-state index contributed by atoms with van der Waals surface area (Å²) < 4.78 is 1.72. The molecule has 3 aromatic rings. The number of rotatable bonds is 4. The number of hydrogen-bond donors (Lipinski definition) is 2. The van der Waals surface area contributed by atoms with Crippen molar-refractivity contribution in [1.82, 2.24) is 4.68 Å². The molecule has 6 heteroatoms. The molecule has 0 radical (unpaired) electrons. The monoisotopic (exact) mass is 367 g/mol. The first kappa shape index (κ1) is 17.8. The molecule has 0 saturated heterocycles. The maximum Gasteiger partial charge on any atom is 0.270 e. The first-order chi connectivity index (χ1) is 12.4. The van der Waals surface area contributed by atoms with Crippen LogP contribution in [0.2, 0.25) is 5.02 Å². The van der Waals surface area contributed by atoms with Crippen molar-refractivity contribution < 1.29 is 9.59 Å². The van der Waals surface area contributed by atoms with Gasteiger partial charge in [0.05, 0.1) is 0 Å². The van der Waals surface area contributed by atoms with Crippen molar-refractivity contribution in [2.24, 2.45) is 0 Å². The minimum atomic E-state index is -0.267. The molecule has 2 aromatic carbocycles. The van der Waals surface area contributed by atoms with Crippen LogP contribution in [0, 0.1) is 13.8 Å². The second kappa shape index (κ2) is 7.45. The topological polar surface area (TPSA) is 63.1 Å². The molecule has 0 spiro atoms. The molecule has 1 aromatic heterocycles. The predicted molar refractivity (Wildman–Crippen MR) is 103 cm³/mol. The van der Waals surface area contributed by atoms with E-state index in [4.69, 9.17) is 11.6 Å². The van der Waals surface area contributed by atoms with E-state index in [1.807, 2.05) is 26.0 Å². The van der Waals surface area contributed by atoms with Gasteiger partial charge >= 0.3 is 0 Å². The van der Waals surface area contributed by atoms with Gasteiger partial charge in [-0.1, -0.05) is 17.7 Å². The standard InChI is InChI=1S/C20H18ClN3O2/c1-13-6-7-14(2)24(13)23-20(26)16-4-3-5-18(12-16)22-19(25)15-8-10-17(21)11-9-15/h3-12H,1-2H3,(H,22,25)(H,23,26). The van der Waals surface area contributed by atoms with E-state index in [0.717, 1.165) is 11.4 Å². The maximum absolute atomic E-state index is 12.5. The number of anilines is 1. The van der Waals surface area contributed by atoms with Gasteiger partial charge < -0.3 is 5.32 Å². The second-order valence-electron chi connectivity index (χ2n) is 5.93. The van der Waals surface area contributed by atoms with Crippen molar-refractivity contribution in [1.29, 1.82) is 0 Å². The molecule has 0 fully saturated rings. The minimum Gasteiger partial charge on any atom is -0.322 e. The van der Waals surface area contributed by atoms with Gasteiger partial charge in [0.25, 0.3) is 11.8 Å². The molecular weight excluding hydrogens is 350 g/mol. The van der Waals surface area contributed by atoms with E-state index in [0.29, 0.717) is 21.8 Å². The van der Waals surface area contributed by atoms with E-state index in [2.05, 4.69) is 10.7 Å². The van der Waals surface area contributed by atoms with Crippen LogP contribution in [0.5, 0.6) is 0 Å². The summed E-state index contributed by atoms with van der Waals surface area (Å²) in [5.74, 6) is -0.522. The van der Waals surface area contributed by atoms with E-state index < -0.39 is 0 Å². The van der Waals surface area contributed by atoms with E-state index in [9.17, 15) is 9.59 Å². The van der Waals surface area contributed by atoms with Gasteiger partial charge in [-0.3, -0.25) is 19.7 Å². The van der Waals surface area contributed by atoms with Gasteiger partial charge in [-0.05, 0) is 68.4 Å². The molecule has 0 atom stereocenters. The van der Waals surface area contributed by atoms with Crippen molar-refractivity contribution in [3.05, 3.63) is 88.2 Å². The highest BCUT2D eigenvalue weighted by molar-refractivity contribution is 6.30. The normalized spacial score (nSPS) is 10.4. The zero-order valence-corrected chi connectivity index (χ0v) is 15.2. The molecular formula is C20H18ClN3O2. The third kappa shape index (κ3) is 3.95. The van der Waals surface area contributed by atoms with Gasteiger partial charge in [-0.15, -0.1) is 0 Å². The summed E-state index contributed by atoms with van der Waals surface area (Å²) in [5, 5.41) is 3.35. The van der Waals surface area contributed by atoms with Crippen LogP contribution in [0.4, 0.5) is 5.69 Å². The lowest BCUT2D eigenvalue weighted by molar-refractivity contribution is 0.100. The number of benzene rings is 2. The molecule has 0 aliphatic heterocycles. The highest BCUT2D eigenvalue weighted by atomic mass is 35.5. The van der Waals surface area contributed by atoms with Crippen LogP contribution < -0.4 is 10.7 Å². The molecule has 132 valence electrons. The fraction of sp³-hybridized carbons (Fsp3) is 0.100. The Morgan fingerprint density at radius 1 is 0.846 bits per heavy atom. The summed E-state index contributed by atoms with van der Waals surface area (Å²) in [7, 11) is 0. The summed E-state index contributed by atoms with van der Waals surface area (Å²) in [6, 6.07) is 17.2. The van der Waals surface area contributed by atoms with Crippen LogP contribution in [0.15, 0.2) is 60.7 Å². The zero-order chi connectivity index (χ0) is 18.7. The van der Waals surface area contributed by atoms with Crippen molar-refractivity contribution in [2.45, 2.75) is 13.8 Å². The third-order valence-electron chi connectivity index (χ3n) is 3.97. The molecule has 0 bridgehead atoms. The van der Waals surface area contributed by atoms with Gasteiger partial charge in [0.15, 0.2) is 0 Å². The first-order valence-electron chi connectivity index (χ1n) is 8.07. The van der Waals surface area contributed by atoms with Crippen LogP contribution in [-0.4, -0.2) is 16.5 Å². The fourth-order valence-electron chi connectivity index (χ4n) is 2.55. The second-order valence-corrected chi connectivity index (χ2v) is 6.37. The molecule has 26 heavy (non-hydrogen) atoms. The van der Waals surface area contributed by atoms with E-state index in [-0.39, 0.29) is 11.8 Å². The minimum absolute atomic E-state index is 0.255. The molecule has 2 amide bonds. The van der Waals surface area contributed by atoms with Crippen molar-refractivity contribution in [3.8, 4) is 0 Å². The number of amides is 2. The van der Waals surface area contributed by atoms with Crippen molar-refractivity contribution >= 4 is 29.1 Å². The van der Waals surface area contributed by atoms with Crippen LogP contribution in [0.1, 0.15) is 32.1 Å². The summed E-state index contributed by atoms with van der Waals surface area (Å²) in [6.07, 6.45) is 0. The molecule has 0 saturated carbocycles. The Hall–Kier alpha value is -3.05. The van der Waals surface area contributed by atoms with Crippen LogP contribution in [0.25, 0.3) is 0 Å². The molecule has 0 unspecified atom stereocenters. The average Bonchev–Trinajstić information content (AvgIpc) is 2.94. The Balaban J connectivity index is 1.74. The van der Waals surface area contributed by atoms with E-state index in [1.54, 1.807) is 53.2 Å². The predicted octanol–water partition coefficient (Wildman–Crippen LogP) is 4.39. The van der Waals surface area contributed by atoms with Crippen LogP contribution in [0.3, 0.4) is 0 Å². The summed E-state index contributed by atoms with van der Waals surface area (Å²) in [4.78, 5) is 24.8. The summed E-state index contributed by atoms with van der Waals surface area (Å²) in [5.41, 5.74) is 6.19. The van der Waals surface area contributed by atoms with E-state index >= 15 is 0 Å². The molecule has 3 rings (SSSR count). The largest absolute Gasteiger partial charge is 0.322 e. The Kier molecular flexibility index (Phi) is 5.09. The summed E-state index contributed by atoms with van der Waals surface area (Å²) >= 11 is 5.83.